The highest BCUT2D eigenvalue weighted by atomic mass is 32.1. The maximum atomic E-state index is 8.12. The van der Waals surface area contributed by atoms with E-state index < -0.39 is 7.12 Å². The fourth-order valence-corrected chi connectivity index (χ4v) is 1.22. The molecule has 2 N–H and O–H groups in total. The minimum atomic E-state index is -1.08. The number of hydrogen-bond donors (Lipinski definition) is 2. The summed E-state index contributed by atoms with van der Waals surface area (Å²) in [5.74, 6) is 0. The molecule has 0 bridgehead atoms. The van der Waals surface area contributed by atoms with E-state index in [2.05, 4.69) is 9.61 Å². The molecule has 0 saturated heterocycles. The van der Waals surface area contributed by atoms with Crippen molar-refractivity contribution in [2.24, 2.45) is 0 Å². The Hall–Kier alpha value is -0.395. The molecule has 0 radical (unpaired) electrons. The number of thiophene rings is 1. The van der Waals surface area contributed by atoms with Crippen molar-refractivity contribution in [1.29, 1.82) is 0 Å². The van der Waals surface area contributed by atoms with E-state index in [-0.39, 0.29) is 0 Å². The standard InChI is InChI=1S/C4H5BO4S/c6-8-5(9-7)4-2-1-3-10-4/h1-3,6-7H. The molecule has 0 aliphatic carbocycles. The molecule has 0 atom stereocenters. The van der Waals surface area contributed by atoms with Gasteiger partial charge in [0.25, 0.3) is 0 Å². The molecule has 1 heterocycles. The molecular weight excluding hydrogens is 155 g/mol. The lowest BCUT2D eigenvalue weighted by Gasteiger charge is -1.99. The quantitative estimate of drug-likeness (QED) is 0.382. The van der Waals surface area contributed by atoms with Crippen LogP contribution in [-0.2, 0) is 9.61 Å². The predicted molar refractivity (Wildman–Crippen MR) is 37.1 cm³/mol. The number of hydrogen-bond acceptors (Lipinski definition) is 5. The van der Waals surface area contributed by atoms with Crippen molar-refractivity contribution in [2.45, 2.75) is 0 Å². The van der Waals surface area contributed by atoms with Crippen molar-refractivity contribution in [3.8, 4) is 0 Å². The van der Waals surface area contributed by atoms with Gasteiger partial charge in [-0.1, -0.05) is 12.1 Å². The third-order valence-electron chi connectivity index (χ3n) is 0.967. The van der Waals surface area contributed by atoms with Crippen LogP contribution in [0.2, 0.25) is 0 Å². The van der Waals surface area contributed by atoms with Crippen molar-refractivity contribution >= 4 is 23.2 Å². The molecule has 0 aliphatic heterocycles. The van der Waals surface area contributed by atoms with E-state index in [0.29, 0.717) is 4.78 Å². The van der Waals surface area contributed by atoms with E-state index in [0.717, 1.165) is 0 Å². The monoisotopic (exact) mass is 160 g/mol. The average Bonchev–Trinajstić information content (AvgIpc) is 2.43. The zero-order valence-electron chi connectivity index (χ0n) is 4.93. The largest absolute Gasteiger partial charge is 0.563 e. The van der Waals surface area contributed by atoms with E-state index in [1.54, 1.807) is 17.5 Å². The molecule has 4 nitrogen and oxygen atoms in total. The second-order valence-electron chi connectivity index (χ2n) is 1.56. The van der Waals surface area contributed by atoms with Crippen LogP contribution < -0.4 is 4.78 Å². The highest BCUT2D eigenvalue weighted by Gasteiger charge is 2.22. The Kier molecular flexibility index (Phi) is 2.85. The van der Waals surface area contributed by atoms with E-state index >= 15 is 0 Å². The summed E-state index contributed by atoms with van der Waals surface area (Å²) in [4.78, 5) is 7.56. The van der Waals surface area contributed by atoms with E-state index in [1.165, 1.54) is 11.3 Å². The van der Waals surface area contributed by atoms with Crippen LogP contribution in [0.15, 0.2) is 17.5 Å². The first-order valence-corrected chi connectivity index (χ1v) is 3.40. The fourth-order valence-electron chi connectivity index (χ4n) is 0.549. The second-order valence-corrected chi connectivity index (χ2v) is 2.54. The first kappa shape index (κ1) is 7.71. The molecule has 0 saturated carbocycles. The summed E-state index contributed by atoms with van der Waals surface area (Å²) in [6.07, 6.45) is 0. The predicted octanol–water partition coefficient (Wildman–Crippen LogP) is 0.422. The van der Waals surface area contributed by atoms with Crippen molar-refractivity contribution in [3.05, 3.63) is 17.5 Å². The molecule has 1 aromatic heterocycles. The molecule has 1 aromatic rings. The third kappa shape index (κ3) is 1.56. The SMILES string of the molecule is OOB(OO)c1cccs1. The van der Waals surface area contributed by atoms with Gasteiger partial charge < -0.3 is 0 Å². The van der Waals surface area contributed by atoms with Gasteiger partial charge in [0.2, 0.25) is 0 Å². The minimum absolute atomic E-state index is 0.602. The van der Waals surface area contributed by atoms with Crippen LogP contribution in [0, 0.1) is 0 Å². The average molecular weight is 160 g/mol. The Morgan fingerprint density at radius 1 is 1.40 bits per heavy atom. The summed E-state index contributed by atoms with van der Waals surface area (Å²) in [7, 11) is -1.08. The Morgan fingerprint density at radius 3 is 2.50 bits per heavy atom. The Bertz CT molecular complexity index is 173. The topological polar surface area (TPSA) is 58.9 Å². The molecule has 10 heavy (non-hydrogen) atoms. The molecule has 0 fully saturated rings. The van der Waals surface area contributed by atoms with Gasteiger partial charge in [-0.3, -0.25) is 20.1 Å². The lowest BCUT2D eigenvalue weighted by Crippen LogP contribution is -2.32. The van der Waals surface area contributed by atoms with Crippen molar-refractivity contribution in [2.75, 3.05) is 0 Å². The second kappa shape index (κ2) is 3.70. The summed E-state index contributed by atoms with van der Waals surface area (Å²) < 4.78 is 0.602. The first-order chi connectivity index (χ1) is 4.88. The van der Waals surface area contributed by atoms with Gasteiger partial charge in [0.1, 0.15) is 0 Å². The lowest BCUT2D eigenvalue weighted by molar-refractivity contribution is -0.221. The highest BCUT2D eigenvalue weighted by molar-refractivity contribution is 7.20. The molecule has 0 aliphatic rings. The van der Waals surface area contributed by atoms with Gasteiger partial charge in [-0.2, -0.15) is 11.3 Å². The zero-order chi connectivity index (χ0) is 7.40. The van der Waals surface area contributed by atoms with Gasteiger partial charge in [0.05, 0.1) is 0 Å². The van der Waals surface area contributed by atoms with Gasteiger partial charge in [-0.15, -0.1) is 0 Å². The van der Waals surface area contributed by atoms with Crippen LogP contribution in [-0.4, -0.2) is 17.6 Å². The van der Waals surface area contributed by atoms with Crippen LogP contribution in [0.4, 0.5) is 0 Å². The van der Waals surface area contributed by atoms with Gasteiger partial charge in [-0.25, -0.2) is 0 Å². The van der Waals surface area contributed by atoms with E-state index in [4.69, 9.17) is 10.5 Å². The van der Waals surface area contributed by atoms with Crippen LogP contribution in [0.25, 0.3) is 0 Å². The lowest BCUT2D eigenvalue weighted by atomic mass is 9.89. The van der Waals surface area contributed by atoms with E-state index in [1.807, 2.05) is 0 Å². The summed E-state index contributed by atoms with van der Waals surface area (Å²) >= 11 is 1.31. The molecule has 0 unspecified atom stereocenters. The normalized spacial score (nSPS) is 9.80. The van der Waals surface area contributed by atoms with Crippen LogP contribution >= 0.6 is 11.3 Å². The molecule has 6 heteroatoms. The van der Waals surface area contributed by atoms with Crippen LogP contribution in [0.5, 0.6) is 0 Å². The van der Waals surface area contributed by atoms with Gasteiger partial charge in [0, 0.05) is 4.78 Å². The molecule has 54 valence electrons. The zero-order valence-corrected chi connectivity index (χ0v) is 5.75. The fraction of sp³-hybridized carbons (Fsp3) is 0. The third-order valence-corrected chi connectivity index (χ3v) is 1.86. The maximum Gasteiger partial charge on any atom is 0.563 e. The summed E-state index contributed by atoms with van der Waals surface area (Å²) in [5.41, 5.74) is 0. The van der Waals surface area contributed by atoms with E-state index in [9.17, 15) is 0 Å². The van der Waals surface area contributed by atoms with Crippen LogP contribution in [0.1, 0.15) is 0 Å². The van der Waals surface area contributed by atoms with Gasteiger partial charge in [-0.05, 0) is 5.38 Å². The molecule has 0 spiro atoms. The van der Waals surface area contributed by atoms with Crippen LogP contribution in [0.3, 0.4) is 0 Å². The van der Waals surface area contributed by atoms with Gasteiger partial charge in [0.15, 0.2) is 0 Å². The van der Waals surface area contributed by atoms with Crippen molar-refractivity contribution < 1.29 is 20.1 Å². The highest BCUT2D eigenvalue weighted by Crippen LogP contribution is 1.96. The summed E-state index contributed by atoms with van der Waals surface area (Å²) in [5, 5.41) is 18.0. The Morgan fingerprint density at radius 2 is 2.10 bits per heavy atom. The molecule has 1 rings (SSSR count). The first-order valence-electron chi connectivity index (χ1n) is 2.52. The minimum Gasteiger partial charge on any atom is -0.264 e. The maximum absolute atomic E-state index is 8.12. The molecule has 0 amide bonds. The Labute approximate surface area is 61.6 Å². The smallest absolute Gasteiger partial charge is 0.264 e. The number of rotatable bonds is 3. The van der Waals surface area contributed by atoms with Gasteiger partial charge >= 0.3 is 7.12 Å². The molecule has 0 aromatic carbocycles. The molecular formula is C4H5BO4S. The van der Waals surface area contributed by atoms with Crippen molar-refractivity contribution in [1.82, 2.24) is 0 Å². The summed E-state index contributed by atoms with van der Waals surface area (Å²) in [6.45, 7) is 0. The van der Waals surface area contributed by atoms with Crippen molar-refractivity contribution in [3.63, 3.8) is 0 Å². The summed E-state index contributed by atoms with van der Waals surface area (Å²) in [6, 6.07) is 3.42. The Balaban J connectivity index is 2.64.